The normalized spacial score (nSPS) is 15.8. The van der Waals surface area contributed by atoms with E-state index in [0.717, 1.165) is 11.8 Å². The van der Waals surface area contributed by atoms with Crippen LogP contribution in [0, 0.1) is 6.92 Å². The summed E-state index contributed by atoms with van der Waals surface area (Å²) in [6, 6.07) is 4.19. The first-order valence-electron chi connectivity index (χ1n) is 7.27. The Morgan fingerprint density at radius 1 is 0.957 bits per heavy atom. The Morgan fingerprint density at radius 2 is 1.65 bits per heavy atom. The molecule has 2 aromatic heterocycles. The summed E-state index contributed by atoms with van der Waals surface area (Å²) in [4.78, 5) is 16.1. The lowest BCUT2D eigenvalue weighted by molar-refractivity contribution is -0.137. The Hall–Kier alpha value is -2.38. The van der Waals surface area contributed by atoms with Gasteiger partial charge in [0, 0.05) is 44.3 Å². The van der Waals surface area contributed by atoms with Crippen molar-refractivity contribution >= 4 is 11.8 Å². The molecule has 3 heterocycles. The van der Waals surface area contributed by atoms with Gasteiger partial charge in [0.15, 0.2) is 0 Å². The predicted molar refractivity (Wildman–Crippen MR) is 80.4 cm³/mol. The van der Waals surface area contributed by atoms with E-state index in [0.29, 0.717) is 32.1 Å². The maximum Gasteiger partial charge on any atom is 0.419 e. The highest BCUT2D eigenvalue weighted by Gasteiger charge is 2.36. The van der Waals surface area contributed by atoms with Gasteiger partial charge in [0.2, 0.25) is 5.95 Å². The van der Waals surface area contributed by atoms with Crippen molar-refractivity contribution in [3.63, 3.8) is 0 Å². The van der Waals surface area contributed by atoms with Crippen LogP contribution in [0.4, 0.5) is 24.9 Å². The molecule has 8 heteroatoms. The number of rotatable bonds is 2. The number of nitrogens with zero attached hydrogens (tertiary/aromatic N) is 5. The van der Waals surface area contributed by atoms with Gasteiger partial charge in [-0.25, -0.2) is 15.0 Å². The largest absolute Gasteiger partial charge is 0.419 e. The van der Waals surface area contributed by atoms with Crippen molar-refractivity contribution in [3.8, 4) is 0 Å². The van der Waals surface area contributed by atoms with E-state index in [1.165, 1.54) is 12.3 Å². The highest BCUT2D eigenvalue weighted by atomic mass is 19.4. The summed E-state index contributed by atoms with van der Waals surface area (Å²) in [7, 11) is 0. The number of aryl methyl sites for hydroxylation is 1. The molecule has 0 amide bonds. The third-order valence-electron chi connectivity index (χ3n) is 3.74. The molecule has 0 aromatic carbocycles. The van der Waals surface area contributed by atoms with Crippen LogP contribution in [0.2, 0.25) is 0 Å². The number of alkyl halides is 3. The Bertz CT molecular complexity index is 681. The molecule has 0 atom stereocenters. The fourth-order valence-electron chi connectivity index (χ4n) is 2.58. The van der Waals surface area contributed by atoms with Gasteiger partial charge in [-0.1, -0.05) is 0 Å². The number of hydrogen-bond donors (Lipinski definition) is 0. The van der Waals surface area contributed by atoms with Crippen molar-refractivity contribution < 1.29 is 13.2 Å². The molecule has 1 fully saturated rings. The molecule has 1 aliphatic heterocycles. The average Bonchev–Trinajstić information content (AvgIpc) is 2.54. The van der Waals surface area contributed by atoms with Crippen molar-refractivity contribution in [1.29, 1.82) is 0 Å². The van der Waals surface area contributed by atoms with Gasteiger partial charge in [-0.3, -0.25) is 0 Å². The Labute approximate surface area is 131 Å². The fourth-order valence-corrected chi connectivity index (χ4v) is 2.58. The van der Waals surface area contributed by atoms with Crippen LogP contribution in [0.3, 0.4) is 0 Å². The SMILES string of the molecule is Cc1ccnc(N2CCN(c3ncccc3C(F)(F)F)CC2)n1. The molecular formula is C15H16F3N5. The standard InChI is InChI=1S/C15H16F3N5/c1-11-4-6-20-14(21-11)23-9-7-22(8-10-23)13-12(15(16,17)18)3-2-5-19-13/h2-6H,7-10H2,1H3. The van der Waals surface area contributed by atoms with Crippen LogP contribution in [0.5, 0.6) is 0 Å². The smallest absolute Gasteiger partial charge is 0.353 e. The molecular weight excluding hydrogens is 307 g/mol. The third kappa shape index (κ3) is 3.35. The van der Waals surface area contributed by atoms with E-state index in [9.17, 15) is 13.2 Å². The van der Waals surface area contributed by atoms with Gasteiger partial charge in [-0.15, -0.1) is 0 Å². The summed E-state index contributed by atoms with van der Waals surface area (Å²) < 4.78 is 39.3. The van der Waals surface area contributed by atoms with E-state index in [4.69, 9.17) is 0 Å². The number of piperazine rings is 1. The van der Waals surface area contributed by atoms with E-state index in [-0.39, 0.29) is 5.82 Å². The second-order valence-corrected chi connectivity index (χ2v) is 5.34. The van der Waals surface area contributed by atoms with Crippen LogP contribution >= 0.6 is 0 Å². The van der Waals surface area contributed by atoms with Crippen molar-refractivity contribution in [2.75, 3.05) is 36.0 Å². The quantitative estimate of drug-likeness (QED) is 0.850. The first kappa shape index (κ1) is 15.5. The van der Waals surface area contributed by atoms with Gasteiger partial charge in [0.25, 0.3) is 0 Å². The zero-order chi connectivity index (χ0) is 16.4. The summed E-state index contributed by atoms with van der Waals surface area (Å²) in [5, 5.41) is 0. The van der Waals surface area contributed by atoms with Crippen LogP contribution in [0.1, 0.15) is 11.3 Å². The van der Waals surface area contributed by atoms with Crippen LogP contribution < -0.4 is 9.80 Å². The summed E-state index contributed by atoms with van der Waals surface area (Å²) in [6.45, 7) is 3.87. The predicted octanol–water partition coefficient (Wildman–Crippen LogP) is 2.53. The van der Waals surface area contributed by atoms with E-state index in [2.05, 4.69) is 15.0 Å². The Kier molecular flexibility index (Phi) is 4.06. The monoisotopic (exact) mass is 323 g/mol. The van der Waals surface area contributed by atoms with Crippen molar-refractivity contribution in [2.45, 2.75) is 13.1 Å². The van der Waals surface area contributed by atoms with E-state index >= 15 is 0 Å². The van der Waals surface area contributed by atoms with Crippen LogP contribution in [0.25, 0.3) is 0 Å². The molecule has 1 saturated heterocycles. The van der Waals surface area contributed by atoms with Crippen molar-refractivity contribution in [3.05, 3.63) is 41.9 Å². The first-order valence-corrected chi connectivity index (χ1v) is 7.27. The molecule has 5 nitrogen and oxygen atoms in total. The Balaban J connectivity index is 1.75. The average molecular weight is 323 g/mol. The minimum Gasteiger partial charge on any atom is -0.353 e. The topological polar surface area (TPSA) is 45.2 Å². The lowest BCUT2D eigenvalue weighted by atomic mass is 10.2. The number of pyridine rings is 1. The molecule has 0 aliphatic carbocycles. The van der Waals surface area contributed by atoms with Gasteiger partial charge in [0.1, 0.15) is 5.82 Å². The molecule has 2 aromatic rings. The third-order valence-corrected chi connectivity index (χ3v) is 3.74. The lowest BCUT2D eigenvalue weighted by Gasteiger charge is -2.36. The van der Waals surface area contributed by atoms with Crippen molar-refractivity contribution in [2.24, 2.45) is 0 Å². The van der Waals surface area contributed by atoms with Gasteiger partial charge in [0.05, 0.1) is 5.56 Å². The molecule has 122 valence electrons. The van der Waals surface area contributed by atoms with Crippen LogP contribution in [-0.4, -0.2) is 41.1 Å². The second-order valence-electron chi connectivity index (χ2n) is 5.34. The van der Waals surface area contributed by atoms with Crippen molar-refractivity contribution in [1.82, 2.24) is 15.0 Å². The first-order chi connectivity index (χ1) is 10.9. The molecule has 0 N–H and O–H groups in total. The molecule has 0 bridgehead atoms. The molecule has 1 aliphatic rings. The van der Waals surface area contributed by atoms with Gasteiger partial charge < -0.3 is 9.80 Å². The highest BCUT2D eigenvalue weighted by Crippen LogP contribution is 2.35. The van der Waals surface area contributed by atoms with Gasteiger partial charge in [-0.2, -0.15) is 13.2 Å². The summed E-state index contributed by atoms with van der Waals surface area (Å²) in [5.41, 5.74) is 0.168. The minimum atomic E-state index is -4.40. The highest BCUT2D eigenvalue weighted by molar-refractivity contribution is 5.50. The number of aromatic nitrogens is 3. The fraction of sp³-hybridized carbons (Fsp3) is 0.400. The van der Waals surface area contributed by atoms with Gasteiger partial charge in [-0.05, 0) is 25.1 Å². The molecule has 0 radical (unpaired) electrons. The van der Waals surface area contributed by atoms with Crippen LogP contribution in [-0.2, 0) is 6.18 Å². The van der Waals surface area contributed by atoms with E-state index in [1.807, 2.05) is 17.9 Å². The molecule has 3 rings (SSSR count). The molecule has 0 unspecified atom stereocenters. The zero-order valence-electron chi connectivity index (χ0n) is 12.6. The zero-order valence-corrected chi connectivity index (χ0v) is 12.6. The molecule has 0 spiro atoms. The van der Waals surface area contributed by atoms with E-state index in [1.54, 1.807) is 11.1 Å². The lowest BCUT2D eigenvalue weighted by Crippen LogP contribution is -2.48. The molecule has 0 saturated carbocycles. The summed E-state index contributed by atoms with van der Waals surface area (Å²) in [6.07, 6.45) is -1.33. The van der Waals surface area contributed by atoms with Gasteiger partial charge >= 0.3 is 6.18 Å². The maximum absolute atomic E-state index is 13.1. The number of anilines is 2. The Morgan fingerprint density at radius 3 is 2.30 bits per heavy atom. The number of hydrogen-bond acceptors (Lipinski definition) is 5. The van der Waals surface area contributed by atoms with E-state index < -0.39 is 11.7 Å². The molecule has 23 heavy (non-hydrogen) atoms. The summed E-state index contributed by atoms with van der Waals surface area (Å²) >= 11 is 0. The minimum absolute atomic E-state index is 0.00943. The number of halogens is 3. The van der Waals surface area contributed by atoms with Crippen LogP contribution in [0.15, 0.2) is 30.6 Å². The second kappa shape index (κ2) is 6.02. The summed E-state index contributed by atoms with van der Waals surface area (Å²) in [5.74, 6) is 0.603. The maximum atomic E-state index is 13.1.